The molecule has 3 aliphatic carbocycles. The second-order valence-corrected chi connectivity index (χ2v) is 19.9. The summed E-state index contributed by atoms with van der Waals surface area (Å²) in [6.45, 7) is 24.7. The third-order valence-electron chi connectivity index (χ3n) is 14.2. The minimum atomic E-state index is -1.07. The number of urea groups is 1. The molecule has 2 unspecified atom stereocenters. The number of likely N-dealkylation sites (tertiary alicyclic amines) is 1. The average Bonchev–Trinajstić information content (AvgIpc) is 3.19. The van der Waals surface area contributed by atoms with Crippen LogP contribution in [0, 0.1) is 33.0 Å². The number of primary amides is 1. The first-order valence-electron chi connectivity index (χ1n) is 19.4. The number of nitrogens with zero attached hydrogens (tertiary/aromatic N) is 2. The number of carbonyl (C=O) groups excluding carboxylic acids is 5. The molecule has 0 aromatic heterocycles. The van der Waals surface area contributed by atoms with E-state index in [9.17, 15) is 24.0 Å². The number of hydrogen-bond donors (Lipinski definition) is 5. The first-order valence-corrected chi connectivity index (χ1v) is 19.4. The van der Waals surface area contributed by atoms with E-state index in [1.165, 1.54) is 0 Å². The fraction of sp³-hybridized carbons (Fsp3) is 0.872. The maximum Gasteiger partial charge on any atom is 0.315 e. The molecule has 5 aliphatic rings. The van der Waals surface area contributed by atoms with Gasteiger partial charge in [0.05, 0.1) is 6.04 Å². The van der Waals surface area contributed by atoms with E-state index in [4.69, 9.17) is 5.73 Å². The molecular formula is C39H67N7O5. The zero-order chi connectivity index (χ0) is 37.9. The highest BCUT2D eigenvalue weighted by atomic mass is 16.2. The van der Waals surface area contributed by atoms with E-state index in [-0.39, 0.29) is 45.1 Å². The quantitative estimate of drug-likeness (QED) is 0.205. The molecule has 0 radical (unpaired) electrons. The number of hydrogen-bond acceptors (Lipinski definition) is 7. The number of amides is 5. The van der Waals surface area contributed by atoms with Gasteiger partial charge < -0.3 is 31.9 Å². The van der Waals surface area contributed by atoms with Crippen LogP contribution >= 0.6 is 0 Å². The highest BCUT2D eigenvalue weighted by Crippen LogP contribution is 2.88. The molecule has 288 valence electrons. The van der Waals surface area contributed by atoms with Crippen molar-refractivity contribution >= 4 is 29.5 Å². The van der Waals surface area contributed by atoms with Crippen LogP contribution in [0.1, 0.15) is 121 Å². The van der Waals surface area contributed by atoms with Crippen LogP contribution in [0.5, 0.6) is 0 Å². The van der Waals surface area contributed by atoms with E-state index < -0.39 is 47.2 Å². The Morgan fingerprint density at radius 1 is 0.882 bits per heavy atom. The van der Waals surface area contributed by atoms with Crippen LogP contribution in [0.3, 0.4) is 0 Å². The summed E-state index contributed by atoms with van der Waals surface area (Å²) in [4.78, 5) is 72.2. The molecule has 12 heteroatoms. The topological polar surface area (TPSA) is 166 Å². The maximum atomic E-state index is 14.9. The van der Waals surface area contributed by atoms with E-state index in [0.717, 1.165) is 58.2 Å². The van der Waals surface area contributed by atoms with Crippen LogP contribution in [-0.2, 0) is 19.2 Å². The van der Waals surface area contributed by atoms with Crippen molar-refractivity contribution in [1.82, 2.24) is 31.1 Å². The predicted octanol–water partition coefficient (Wildman–Crippen LogP) is 3.33. The molecule has 51 heavy (non-hydrogen) atoms. The van der Waals surface area contributed by atoms with Gasteiger partial charge in [-0.2, -0.15) is 0 Å². The van der Waals surface area contributed by atoms with Crippen molar-refractivity contribution in [2.75, 3.05) is 32.7 Å². The lowest BCUT2D eigenvalue weighted by Gasteiger charge is -2.46. The second kappa shape index (κ2) is 13.6. The van der Waals surface area contributed by atoms with E-state index in [1.807, 2.05) is 20.8 Å². The van der Waals surface area contributed by atoms with E-state index in [0.29, 0.717) is 25.9 Å². The van der Waals surface area contributed by atoms with Crippen molar-refractivity contribution in [2.24, 2.45) is 38.7 Å². The van der Waals surface area contributed by atoms with Crippen molar-refractivity contribution < 1.29 is 24.0 Å². The van der Waals surface area contributed by atoms with Gasteiger partial charge in [0, 0.05) is 49.7 Å². The molecule has 6 N–H and O–H groups in total. The summed E-state index contributed by atoms with van der Waals surface area (Å²) in [6, 6.07) is -3.39. The summed E-state index contributed by atoms with van der Waals surface area (Å²) >= 11 is 0. The number of fused-ring (bicyclic) bond motifs is 1. The number of Topliss-reactive ketones (excluding diaryl/α,β-unsaturated/α-hetero) is 1. The Morgan fingerprint density at radius 3 is 2.00 bits per heavy atom. The van der Waals surface area contributed by atoms with E-state index >= 15 is 0 Å². The van der Waals surface area contributed by atoms with Crippen molar-refractivity contribution in [1.29, 1.82) is 0 Å². The highest BCUT2D eigenvalue weighted by molar-refractivity contribution is 6.37. The Labute approximate surface area is 305 Å². The van der Waals surface area contributed by atoms with Gasteiger partial charge in [0.15, 0.2) is 0 Å². The van der Waals surface area contributed by atoms with Crippen molar-refractivity contribution in [3.63, 3.8) is 0 Å². The SMILES string of the molecule is CC(C)(C)[C@@H](CN1CCNCC1(C)C)NC(=O)N[C@@H](C(=O)N1C[C@]2(CC1C(=O)NC(CC1CCC1)C(=O)C(N)=O)C(C)(C)C21CCC1)C(C)(C)C. The van der Waals surface area contributed by atoms with Gasteiger partial charge in [-0.3, -0.25) is 24.1 Å². The molecule has 5 rings (SSSR count). The molecule has 12 nitrogen and oxygen atoms in total. The lowest BCUT2D eigenvalue weighted by molar-refractivity contribution is -0.143. The third kappa shape index (κ3) is 7.17. The van der Waals surface area contributed by atoms with Gasteiger partial charge in [-0.1, -0.05) is 81.1 Å². The zero-order valence-corrected chi connectivity index (χ0v) is 33.1. The van der Waals surface area contributed by atoms with Crippen LogP contribution < -0.4 is 27.0 Å². The highest BCUT2D eigenvalue weighted by Gasteiger charge is 2.85. The molecule has 2 heterocycles. The molecule has 2 spiro atoms. The van der Waals surface area contributed by atoms with Crippen molar-refractivity contribution in [2.45, 2.75) is 150 Å². The molecule has 3 saturated carbocycles. The summed E-state index contributed by atoms with van der Waals surface area (Å²) in [6.07, 6.45) is 7.02. The Bertz CT molecular complexity index is 1390. The lowest BCUT2D eigenvalue weighted by atomic mass is 9.73. The molecule has 0 bridgehead atoms. The number of piperazine rings is 1. The van der Waals surface area contributed by atoms with Crippen molar-refractivity contribution in [3.05, 3.63) is 0 Å². The largest absolute Gasteiger partial charge is 0.363 e. The van der Waals surface area contributed by atoms with Crippen LogP contribution in [0.2, 0.25) is 0 Å². The number of carbonyl (C=O) groups is 5. The van der Waals surface area contributed by atoms with Gasteiger partial charge in [-0.25, -0.2) is 4.79 Å². The van der Waals surface area contributed by atoms with Gasteiger partial charge in [0.25, 0.3) is 5.91 Å². The predicted molar refractivity (Wildman–Crippen MR) is 197 cm³/mol. The molecule has 2 saturated heterocycles. The number of nitrogens with two attached hydrogens (primary N) is 1. The van der Waals surface area contributed by atoms with Gasteiger partial charge in [-0.05, 0) is 67.1 Å². The maximum absolute atomic E-state index is 14.9. The summed E-state index contributed by atoms with van der Waals surface area (Å²) in [7, 11) is 0. The summed E-state index contributed by atoms with van der Waals surface area (Å²) in [5.74, 6) is -2.36. The molecule has 5 amide bonds. The second-order valence-electron chi connectivity index (χ2n) is 19.9. The zero-order valence-electron chi connectivity index (χ0n) is 33.1. The monoisotopic (exact) mass is 714 g/mol. The van der Waals surface area contributed by atoms with E-state index in [2.05, 4.69) is 74.6 Å². The summed E-state index contributed by atoms with van der Waals surface area (Å²) in [5.41, 5.74) is 4.17. The first-order chi connectivity index (χ1) is 23.5. The Balaban J connectivity index is 1.39. The summed E-state index contributed by atoms with van der Waals surface area (Å²) in [5, 5.41) is 12.7. The average molecular weight is 714 g/mol. The molecule has 5 fully saturated rings. The number of ketones is 1. The molecule has 2 aliphatic heterocycles. The lowest BCUT2D eigenvalue weighted by Crippen LogP contribution is -2.64. The Morgan fingerprint density at radius 2 is 1.53 bits per heavy atom. The van der Waals surface area contributed by atoms with Crippen LogP contribution in [0.4, 0.5) is 4.79 Å². The molecule has 5 atom stereocenters. The van der Waals surface area contributed by atoms with Gasteiger partial charge >= 0.3 is 6.03 Å². The normalized spacial score (nSPS) is 28.6. The molecule has 0 aromatic rings. The minimum Gasteiger partial charge on any atom is -0.363 e. The Kier molecular flexibility index (Phi) is 10.5. The van der Waals surface area contributed by atoms with Gasteiger partial charge in [0.2, 0.25) is 17.6 Å². The van der Waals surface area contributed by atoms with Crippen molar-refractivity contribution in [3.8, 4) is 0 Å². The Hall–Kier alpha value is -2.73. The summed E-state index contributed by atoms with van der Waals surface area (Å²) < 4.78 is 0. The van der Waals surface area contributed by atoms with Crippen LogP contribution in [0.15, 0.2) is 0 Å². The van der Waals surface area contributed by atoms with Crippen LogP contribution in [0.25, 0.3) is 0 Å². The number of nitrogens with one attached hydrogen (secondary N) is 4. The smallest absolute Gasteiger partial charge is 0.315 e. The van der Waals surface area contributed by atoms with Gasteiger partial charge in [-0.15, -0.1) is 0 Å². The standard InChI is InChI=1S/C39H67N7O5/c1-34(2,3)27(21-45-18-17-41-22-36(45,7)8)43-33(51)44-29(35(4,5)6)32(50)46-23-39(37(9,10)38(39)15-12-16-38)20-26(46)31(49)42-25(28(47)30(40)48)19-24-13-11-14-24/h24-27,29,41H,11-23H2,1-10H3,(H2,40,48)(H,42,49)(H2,43,44,51)/t25?,26?,27-,29+,39-/m1/s1. The first kappa shape index (κ1) is 39.5. The number of rotatable bonds is 11. The third-order valence-corrected chi connectivity index (χ3v) is 14.2. The molecule has 0 aromatic carbocycles. The fourth-order valence-electron chi connectivity index (χ4n) is 10.1. The minimum absolute atomic E-state index is 0.0572. The van der Waals surface area contributed by atoms with E-state index in [1.54, 1.807) is 4.90 Å². The van der Waals surface area contributed by atoms with Crippen LogP contribution in [-0.4, -0.2) is 102 Å². The molecular weight excluding hydrogens is 646 g/mol. The fourth-order valence-corrected chi connectivity index (χ4v) is 10.1. The van der Waals surface area contributed by atoms with Gasteiger partial charge in [0.1, 0.15) is 12.1 Å².